The minimum Gasteiger partial charge on any atom is -0.486 e. The number of ether oxygens (including phenoxy) is 2. The Labute approximate surface area is 162 Å². The summed E-state index contributed by atoms with van der Waals surface area (Å²) in [7, 11) is 0. The second-order valence-corrected chi connectivity index (χ2v) is 7.51. The van der Waals surface area contributed by atoms with Crippen LogP contribution >= 0.6 is 11.3 Å². The number of amides is 1. The first-order valence-corrected chi connectivity index (χ1v) is 9.63. The van der Waals surface area contributed by atoms with Crippen LogP contribution in [0.25, 0.3) is 10.6 Å². The van der Waals surface area contributed by atoms with Crippen LogP contribution in [0.15, 0.2) is 42.5 Å². The van der Waals surface area contributed by atoms with E-state index in [4.69, 9.17) is 9.47 Å². The van der Waals surface area contributed by atoms with Crippen molar-refractivity contribution in [1.82, 2.24) is 4.98 Å². The highest BCUT2D eigenvalue weighted by Gasteiger charge is 2.16. The Hall–Kier alpha value is -2.86. The average Bonchev–Trinajstić information content (AvgIpc) is 3.02. The largest absolute Gasteiger partial charge is 0.486 e. The van der Waals surface area contributed by atoms with Gasteiger partial charge in [0.05, 0.1) is 12.1 Å². The molecule has 0 spiro atoms. The van der Waals surface area contributed by atoms with Gasteiger partial charge in [0, 0.05) is 22.2 Å². The summed E-state index contributed by atoms with van der Waals surface area (Å²) in [6.45, 7) is 5.09. The second kappa shape index (κ2) is 7.40. The molecule has 1 aliphatic heterocycles. The van der Waals surface area contributed by atoms with Gasteiger partial charge in [0.1, 0.15) is 18.2 Å². The number of aryl methyl sites for hydroxylation is 2. The van der Waals surface area contributed by atoms with E-state index in [2.05, 4.69) is 29.4 Å². The number of carbonyl (C=O) groups is 1. The van der Waals surface area contributed by atoms with E-state index in [1.165, 1.54) is 5.56 Å². The molecule has 1 amide bonds. The second-order valence-electron chi connectivity index (χ2n) is 6.43. The Morgan fingerprint density at radius 3 is 2.70 bits per heavy atom. The molecule has 4 rings (SSSR count). The summed E-state index contributed by atoms with van der Waals surface area (Å²) in [5.74, 6) is 1.30. The molecule has 1 N–H and O–H groups in total. The lowest BCUT2D eigenvalue weighted by Crippen LogP contribution is -2.17. The summed E-state index contributed by atoms with van der Waals surface area (Å²) in [4.78, 5) is 18.1. The number of fused-ring (bicyclic) bond motifs is 1. The smallest absolute Gasteiger partial charge is 0.229 e. The molecule has 0 saturated carbocycles. The van der Waals surface area contributed by atoms with E-state index in [9.17, 15) is 4.79 Å². The summed E-state index contributed by atoms with van der Waals surface area (Å²) in [5, 5.41) is 3.88. The van der Waals surface area contributed by atoms with Gasteiger partial charge in [0.15, 0.2) is 11.5 Å². The predicted octanol–water partition coefficient (Wildman–Crippen LogP) is 4.38. The molecule has 0 aliphatic carbocycles. The Morgan fingerprint density at radius 2 is 1.89 bits per heavy atom. The van der Waals surface area contributed by atoms with Crippen LogP contribution < -0.4 is 14.8 Å². The maximum absolute atomic E-state index is 12.5. The fraction of sp³-hybridized carbons (Fsp3) is 0.238. The molecule has 0 atom stereocenters. The Balaban J connectivity index is 1.48. The zero-order valence-corrected chi connectivity index (χ0v) is 16.1. The van der Waals surface area contributed by atoms with E-state index in [-0.39, 0.29) is 5.91 Å². The number of nitrogens with one attached hydrogen (secondary N) is 1. The number of hydrogen-bond acceptors (Lipinski definition) is 5. The lowest BCUT2D eigenvalue weighted by atomic mass is 10.1. The summed E-state index contributed by atoms with van der Waals surface area (Å²) >= 11 is 1.57. The highest BCUT2D eigenvalue weighted by molar-refractivity contribution is 7.15. The Bertz CT molecular complexity index is 997. The number of nitrogens with zero attached hydrogens (tertiary/aromatic N) is 1. The van der Waals surface area contributed by atoms with E-state index in [0.29, 0.717) is 36.8 Å². The van der Waals surface area contributed by atoms with Crippen molar-refractivity contribution in [2.75, 3.05) is 18.5 Å². The normalized spacial score (nSPS) is 12.7. The van der Waals surface area contributed by atoms with Crippen LogP contribution in [0.5, 0.6) is 11.5 Å². The molecule has 2 aromatic carbocycles. The van der Waals surface area contributed by atoms with Crippen molar-refractivity contribution >= 4 is 22.9 Å². The first kappa shape index (κ1) is 17.5. The maximum Gasteiger partial charge on any atom is 0.229 e. The van der Waals surface area contributed by atoms with E-state index < -0.39 is 0 Å². The van der Waals surface area contributed by atoms with E-state index in [0.717, 1.165) is 21.1 Å². The summed E-state index contributed by atoms with van der Waals surface area (Å²) < 4.78 is 11.1. The number of rotatable bonds is 4. The molecule has 3 aromatic rings. The number of aromatic nitrogens is 1. The van der Waals surface area contributed by atoms with Crippen molar-refractivity contribution in [2.24, 2.45) is 0 Å². The summed E-state index contributed by atoms with van der Waals surface area (Å²) in [6, 6.07) is 13.6. The molecule has 6 heteroatoms. The van der Waals surface area contributed by atoms with Crippen molar-refractivity contribution in [3.05, 3.63) is 58.6 Å². The lowest BCUT2D eigenvalue weighted by Gasteiger charge is -2.19. The van der Waals surface area contributed by atoms with Crippen molar-refractivity contribution in [3.8, 4) is 22.1 Å². The molecule has 0 saturated heterocycles. The highest BCUT2D eigenvalue weighted by atomic mass is 32.1. The van der Waals surface area contributed by atoms with Crippen molar-refractivity contribution < 1.29 is 14.3 Å². The highest BCUT2D eigenvalue weighted by Crippen LogP contribution is 2.33. The third-order valence-electron chi connectivity index (χ3n) is 4.42. The molecule has 0 fully saturated rings. The third-order valence-corrected chi connectivity index (χ3v) is 5.61. The van der Waals surface area contributed by atoms with Gasteiger partial charge in [-0.05, 0) is 31.5 Å². The zero-order chi connectivity index (χ0) is 18.8. The minimum absolute atomic E-state index is 0.0743. The Kier molecular flexibility index (Phi) is 4.81. The van der Waals surface area contributed by atoms with Crippen LogP contribution in [-0.4, -0.2) is 24.1 Å². The summed E-state index contributed by atoms with van der Waals surface area (Å²) in [6.07, 6.45) is 0.295. The van der Waals surface area contributed by atoms with Gasteiger partial charge in [0.2, 0.25) is 5.91 Å². The average molecular weight is 380 g/mol. The molecule has 0 unspecified atom stereocenters. The molecule has 0 bridgehead atoms. The van der Waals surface area contributed by atoms with E-state index >= 15 is 0 Å². The third kappa shape index (κ3) is 3.80. The fourth-order valence-corrected chi connectivity index (χ4v) is 4.14. The molecule has 1 aromatic heterocycles. The molecular weight excluding hydrogens is 360 g/mol. The van der Waals surface area contributed by atoms with Gasteiger partial charge in [-0.3, -0.25) is 4.79 Å². The van der Waals surface area contributed by atoms with Gasteiger partial charge in [-0.15, -0.1) is 11.3 Å². The molecule has 1 aliphatic rings. The van der Waals surface area contributed by atoms with Crippen LogP contribution in [0.3, 0.4) is 0 Å². The van der Waals surface area contributed by atoms with E-state index in [1.807, 2.05) is 31.2 Å². The Morgan fingerprint density at radius 1 is 1.11 bits per heavy atom. The van der Waals surface area contributed by atoms with Gasteiger partial charge >= 0.3 is 0 Å². The quantitative estimate of drug-likeness (QED) is 0.730. The molecule has 138 valence electrons. The maximum atomic E-state index is 12.5. The van der Waals surface area contributed by atoms with Gasteiger partial charge in [0.25, 0.3) is 0 Å². The van der Waals surface area contributed by atoms with E-state index in [1.54, 1.807) is 17.4 Å². The van der Waals surface area contributed by atoms with Crippen LogP contribution in [0, 0.1) is 13.8 Å². The van der Waals surface area contributed by atoms with Gasteiger partial charge in [-0.25, -0.2) is 4.98 Å². The van der Waals surface area contributed by atoms with Crippen molar-refractivity contribution in [2.45, 2.75) is 20.3 Å². The fourth-order valence-electron chi connectivity index (χ4n) is 2.99. The van der Waals surface area contributed by atoms with Crippen LogP contribution in [0.2, 0.25) is 0 Å². The molecule has 5 nitrogen and oxygen atoms in total. The number of benzene rings is 2. The zero-order valence-electron chi connectivity index (χ0n) is 15.2. The van der Waals surface area contributed by atoms with Gasteiger partial charge in [-0.1, -0.05) is 24.3 Å². The standard InChI is InChI=1S/C21H20N2O3S/c1-13-5-3-4-6-16(13)21-22-14(2)19(27-21)12-20(24)23-15-7-8-17-18(11-15)26-10-9-25-17/h3-8,11H,9-10,12H2,1-2H3,(H,23,24). The SMILES string of the molecule is Cc1ccccc1-c1nc(C)c(CC(=O)Nc2ccc3c(c2)OCCO3)s1. The number of carbonyl (C=O) groups excluding carboxylic acids is 1. The topological polar surface area (TPSA) is 60.5 Å². The predicted molar refractivity (Wildman–Crippen MR) is 107 cm³/mol. The van der Waals surface area contributed by atoms with Gasteiger partial charge < -0.3 is 14.8 Å². The van der Waals surface area contributed by atoms with Crippen LogP contribution in [-0.2, 0) is 11.2 Å². The molecule has 27 heavy (non-hydrogen) atoms. The lowest BCUT2D eigenvalue weighted by molar-refractivity contribution is -0.115. The van der Waals surface area contributed by atoms with Crippen molar-refractivity contribution in [1.29, 1.82) is 0 Å². The summed E-state index contributed by atoms with van der Waals surface area (Å²) in [5.41, 5.74) is 3.89. The van der Waals surface area contributed by atoms with Crippen molar-refractivity contribution in [3.63, 3.8) is 0 Å². The monoisotopic (exact) mass is 380 g/mol. The molecule has 0 radical (unpaired) electrons. The number of anilines is 1. The number of thiazole rings is 1. The first-order valence-electron chi connectivity index (χ1n) is 8.82. The first-order chi connectivity index (χ1) is 13.1. The minimum atomic E-state index is -0.0743. The van der Waals surface area contributed by atoms with Crippen LogP contribution in [0.4, 0.5) is 5.69 Å². The number of hydrogen-bond donors (Lipinski definition) is 1. The molecule has 2 heterocycles. The van der Waals surface area contributed by atoms with Crippen LogP contribution in [0.1, 0.15) is 16.1 Å². The van der Waals surface area contributed by atoms with Gasteiger partial charge in [-0.2, -0.15) is 0 Å². The molecular formula is C21H20N2O3S.